The molecule has 2 aromatic rings. The van der Waals surface area contributed by atoms with E-state index in [1.165, 1.54) is 5.69 Å². The SMILES string of the molecule is COc1ccc(NCC(=O)N/N=C/c2cc(C)n(CC(C)C)c2C)cc1. The van der Waals surface area contributed by atoms with E-state index in [-0.39, 0.29) is 12.5 Å². The third kappa shape index (κ3) is 5.37. The molecule has 0 aliphatic carbocycles. The summed E-state index contributed by atoms with van der Waals surface area (Å²) in [7, 11) is 1.62. The Morgan fingerprint density at radius 3 is 2.58 bits per heavy atom. The normalized spacial score (nSPS) is 11.2. The number of amides is 1. The number of methoxy groups -OCH3 is 1. The highest BCUT2D eigenvalue weighted by atomic mass is 16.5. The van der Waals surface area contributed by atoms with Crippen LogP contribution < -0.4 is 15.5 Å². The summed E-state index contributed by atoms with van der Waals surface area (Å²) in [6.07, 6.45) is 1.70. The van der Waals surface area contributed by atoms with Crippen molar-refractivity contribution in [2.45, 2.75) is 34.2 Å². The van der Waals surface area contributed by atoms with Crippen molar-refractivity contribution in [2.75, 3.05) is 19.0 Å². The first-order chi connectivity index (χ1) is 12.4. The van der Waals surface area contributed by atoms with Gasteiger partial charge in [0.2, 0.25) is 0 Å². The summed E-state index contributed by atoms with van der Waals surface area (Å²) in [5.74, 6) is 1.15. The van der Waals surface area contributed by atoms with Crippen LogP contribution in [0.4, 0.5) is 5.69 Å². The van der Waals surface area contributed by atoms with E-state index in [4.69, 9.17) is 4.74 Å². The summed E-state index contributed by atoms with van der Waals surface area (Å²) < 4.78 is 7.38. The molecule has 6 heteroatoms. The standard InChI is InChI=1S/C20H28N4O2/c1-14(2)13-24-15(3)10-17(16(24)4)11-22-23-20(25)12-21-18-6-8-19(26-5)9-7-18/h6-11,14,21H,12-13H2,1-5H3,(H,23,25)/b22-11+. The minimum absolute atomic E-state index is 0.149. The van der Waals surface area contributed by atoms with E-state index in [1.54, 1.807) is 13.3 Å². The predicted molar refractivity (Wildman–Crippen MR) is 106 cm³/mol. The number of ether oxygens (including phenoxy) is 1. The third-order valence-electron chi connectivity index (χ3n) is 4.10. The van der Waals surface area contributed by atoms with E-state index in [2.05, 4.69) is 54.2 Å². The molecule has 2 rings (SSSR count). The third-order valence-corrected chi connectivity index (χ3v) is 4.10. The van der Waals surface area contributed by atoms with Crippen LogP contribution in [0.3, 0.4) is 0 Å². The smallest absolute Gasteiger partial charge is 0.259 e. The molecular weight excluding hydrogens is 328 g/mol. The van der Waals surface area contributed by atoms with Crippen molar-refractivity contribution in [1.29, 1.82) is 0 Å². The average molecular weight is 356 g/mol. The van der Waals surface area contributed by atoms with Crippen LogP contribution in [0.25, 0.3) is 0 Å². The summed E-state index contributed by atoms with van der Waals surface area (Å²) in [5.41, 5.74) is 6.78. The van der Waals surface area contributed by atoms with Gasteiger partial charge in [0.25, 0.3) is 5.91 Å². The lowest BCUT2D eigenvalue weighted by atomic mass is 10.2. The molecular formula is C20H28N4O2. The molecule has 0 saturated heterocycles. The zero-order valence-corrected chi connectivity index (χ0v) is 16.2. The second-order valence-corrected chi connectivity index (χ2v) is 6.71. The fourth-order valence-corrected chi connectivity index (χ4v) is 2.71. The van der Waals surface area contributed by atoms with Crippen LogP contribution >= 0.6 is 0 Å². The zero-order valence-electron chi connectivity index (χ0n) is 16.2. The molecule has 1 amide bonds. The van der Waals surface area contributed by atoms with Crippen LogP contribution in [0, 0.1) is 19.8 Å². The first-order valence-electron chi connectivity index (χ1n) is 8.77. The van der Waals surface area contributed by atoms with Gasteiger partial charge in [0, 0.05) is 29.2 Å². The molecule has 0 unspecified atom stereocenters. The van der Waals surface area contributed by atoms with E-state index in [0.717, 1.165) is 29.2 Å². The van der Waals surface area contributed by atoms with E-state index in [9.17, 15) is 4.79 Å². The maximum atomic E-state index is 11.9. The second-order valence-electron chi connectivity index (χ2n) is 6.71. The first kappa shape index (κ1) is 19.6. The highest BCUT2D eigenvalue weighted by Gasteiger charge is 2.08. The van der Waals surface area contributed by atoms with Crippen molar-refractivity contribution >= 4 is 17.8 Å². The van der Waals surface area contributed by atoms with Crippen LogP contribution in [0.15, 0.2) is 35.4 Å². The monoisotopic (exact) mass is 356 g/mol. The lowest BCUT2D eigenvalue weighted by Gasteiger charge is -2.11. The van der Waals surface area contributed by atoms with Gasteiger partial charge in [-0.1, -0.05) is 13.8 Å². The Hall–Kier alpha value is -2.76. The number of anilines is 1. The number of aromatic nitrogens is 1. The quantitative estimate of drug-likeness (QED) is 0.563. The molecule has 0 aliphatic heterocycles. The highest BCUT2D eigenvalue weighted by Crippen LogP contribution is 2.16. The average Bonchev–Trinajstić information content (AvgIpc) is 2.87. The van der Waals surface area contributed by atoms with E-state index >= 15 is 0 Å². The molecule has 0 aliphatic rings. The van der Waals surface area contributed by atoms with E-state index in [1.807, 2.05) is 24.3 Å². The second kappa shape index (κ2) is 9.08. The number of nitrogens with zero attached hydrogens (tertiary/aromatic N) is 2. The minimum Gasteiger partial charge on any atom is -0.497 e. The Balaban J connectivity index is 1.86. The number of rotatable bonds is 8. The molecule has 6 nitrogen and oxygen atoms in total. The van der Waals surface area contributed by atoms with Gasteiger partial charge in [0.1, 0.15) is 5.75 Å². The minimum atomic E-state index is -0.201. The van der Waals surface area contributed by atoms with Gasteiger partial charge in [-0.3, -0.25) is 4.79 Å². The number of carbonyl (C=O) groups is 1. The molecule has 0 radical (unpaired) electrons. The molecule has 1 aromatic heterocycles. The van der Waals surface area contributed by atoms with E-state index in [0.29, 0.717) is 5.92 Å². The maximum absolute atomic E-state index is 11.9. The Morgan fingerprint density at radius 1 is 1.27 bits per heavy atom. The van der Waals surface area contributed by atoms with E-state index < -0.39 is 0 Å². The van der Waals surface area contributed by atoms with Crippen LogP contribution in [-0.4, -0.2) is 30.3 Å². The molecule has 0 fully saturated rings. The zero-order chi connectivity index (χ0) is 19.1. The number of hydrazone groups is 1. The van der Waals surface area contributed by atoms with Crippen molar-refractivity contribution in [3.05, 3.63) is 47.3 Å². The van der Waals surface area contributed by atoms with Crippen molar-refractivity contribution in [3.63, 3.8) is 0 Å². The Labute approximate surface area is 155 Å². The molecule has 0 spiro atoms. The van der Waals surface area contributed by atoms with Crippen molar-refractivity contribution in [1.82, 2.24) is 9.99 Å². The van der Waals surface area contributed by atoms with Crippen molar-refractivity contribution < 1.29 is 9.53 Å². The summed E-state index contributed by atoms with van der Waals surface area (Å²) >= 11 is 0. The summed E-state index contributed by atoms with van der Waals surface area (Å²) in [5, 5.41) is 7.12. The number of benzene rings is 1. The van der Waals surface area contributed by atoms with Gasteiger partial charge < -0.3 is 14.6 Å². The highest BCUT2D eigenvalue weighted by molar-refractivity contribution is 5.85. The van der Waals surface area contributed by atoms with Crippen molar-refractivity contribution in [2.24, 2.45) is 11.0 Å². The maximum Gasteiger partial charge on any atom is 0.259 e. The molecule has 0 bridgehead atoms. The molecule has 0 atom stereocenters. The lowest BCUT2D eigenvalue weighted by molar-refractivity contribution is -0.119. The van der Waals surface area contributed by atoms with Gasteiger partial charge in [-0.25, -0.2) is 5.43 Å². The Kier molecular flexibility index (Phi) is 6.83. The van der Waals surface area contributed by atoms with Gasteiger partial charge >= 0.3 is 0 Å². The number of nitrogens with one attached hydrogen (secondary N) is 2. The van der Waals surface area contributed by atoms with Gasteiger partial charge in [0.15, 0.2) is 0 Å². The largest absolute Gasteiger partial charge is 0.497 e. The summed E-state index contributed by atoms with van der Waals surface area (Å²) in [6, 6.07) is 9.48. The molecule has 26 heavy (non-hydrogen) atoms. The number of hydrogen-bond acceptors (Lipinski definition) is 4. The number of carbonyl (C=O) groups excluding carboxylic acids is 1. The predicted octanol–water partition coefficient (Wildman–Crippen LogP) is 3.33. The topological polar surface area (TPSA) is 67.7 Å². The van der Waals surface area contributed by atoms with Crippen LogP contribution in [0.1, 0.15) is 30.8 Å². The Morgan fingerprint density at radius 2 is 1.96 bits per heavy atom. The molecule has 140 valence electrons. The van der Waals surface area contributed by atoms with Gasteiger partial charge in [0.05, 0.1) is 19.9 Å². The van der Waals surface area contributed by atoms with Gasteiger partial charge in [-0.2, -0.15) is 5.10 Å². The van der Waals surface area contributed by atoms with Crippen LogP contribution in [-0.2, 0) is 11.3 Å². The first-order valence-corrected chi connectivity index (χ1v) is 8.77. The fourth-order valence-electron chi connectivity index (χ4n) is 2.71. The summed E-state index contributed by atoms with van der Waals surface area (Å²) in [4.78, 5) is 11.9. The number of aryl methyl sites for hydroxylation is 1. The van der Waals surface area contributed by atoms with Crippen molar-refractivity contribution in [3.8, 4) is 5.75 Å². The van der Waals surface area contributed by atoms with Gasteiger partial charge in [-0.15, -0.1) is 0 Å². The number of hydrogen-bond donors (Lipinski definition) is 2. The molecule has 1 aromatic carbocycles. The molecule has 2 N–H and O–H groups in total. The van der Waals surface area contributed by atoms with Gasteiger partial charge in [-0.05, 0) is 50.1 Å². The fraction of sp³-hybridized carbons (Fsp3) is 0.400. The molecule has 1 heterocycles. The summed E-state index contributed by atoms with van der Waals surface area (Å²) in [6.45, 7) is 9.68. The lowest BCUT2D eigenvalue weighted by Crippen LogP contribution is -2.25. The molecule has 0 saturated carbocycles. The van der Waals surface area contributed by atoms with Crippen LogP contribution in [0.5, 0.6) is 5.75 Å². The van der Waals surface area contributed by atoms with Crippen LogP contribution in [0.2, 0.25) is 0 Å². The Bertz CT molecular complexity index is 761.